The second-order valence-electron chi connectivity index (χ2n) is 3.82. The van der Waals surface area contributed by atoms with E-state index in [0.717, 1.165) is 0 Å². The second kappa shape index (κ2) is 6.51. The van der Waals surface area contributed by atoms with Gasteiger partial charge in [-0.25, -0.2) is 13.1 Å². The summed E-state index contributed by atoms with van der Waals surface area (Å²) in [5.41, 5.74) is 0. The van der Waals surface area contributed by atoms with E-state index in [1.54, 1.807) is 14.2 Å². The summed E-state index contributed by atoms with van der Waals surface area (Å²) in [6, 6.07) is -0.169. The molecule has 1 saturated heterocycles. The lowest BCUT2D eigenvalue weighted by molar-refractivity contribution is 0.103. The highest BCUT2D eigenvalue weighted by Crippen LogP contribution is 2.05. The number of methoxy groups -OCH3 is 2. The molecule has 1 aliphatic rings. The Kier molecular flexibility index (Phi) is 5.63. The summed E-state index contributed by atoms with van der Waals surface area (Å²) in [6.45, 7) is 1.75. The van der Waals surface area contributed by atoms with Crippen molar-refractivity contribution >= 4 is 10.0 Å². The molecule has 6 nitrogen and oxygen atoms in total. The van der Waals surface area contributed by atoms with Gasteiger partial charge < -0.3 is 14.8 Å². The van der Waals surface area contributed by atoms with E-state index in [4.69, 9.17) is 9.47 Å². The van der Waals surface area contributed by atoms with Crippen LogP contribution in [-0.2, 0) is 19.5 Å². The third-order valence-electron chi connectivity index (χ3n) is 2.55. The van der Waals surface area contributed by atoms with Gasteiger partial charge in [0.2, 0.25) is 10.0 Å². The number of rotatable bonds is 7. The molecular weight excluding hydrogens is 232 g/mol. The normalized spacial score (nSPS) is 26.1. The molecule has 7 heteroatoms. The minimum atomic E-state index is -3.23. The first-order valence-electron chi connectivity index (χ1n) is 5.31. The molecule has 1 fully saturated rings. The molecule has 1 aliphatic heterocycles. The summed E-state index contributed by atoms with van der Waals surface area (Å²) >= 11 is 0. The lowest BCUT2D eigenvalue weighted by Gasteiger charge is -2.18. The second-order valence-corrected chi connectivity index (χ2v) is 5.70. The van der Waals surface area contributed by atoms with Gasteiger partial charge in [0.05, 0.1) is 17.9 Å². The van der Waals surface area contributed by atoms with Gasteiger partial charge >= 0.3 is 0 Å². The molecule has 96 valence electrons. The van der Waals surface area contributed by atoms with E-state index in [2.05, 4.69) is 10.0 Å². The van der Waals surface area contributed by atoms with Gasteiger partial charge in [-0.05, 0) is 6.42 Å². The van der Waals surface area contributed by atoms with Gasteiger partial charge in [-0.1, -0.05) is 0 Å². The average molecular weight is 252 g/mol. The van der Waals surface area contributed by atoms with Crippen LogP contribution in [0.25, 0.3) is 0 Å². The fraction of sp³-hybridized carbons (Fsp3) is 1.00. The smallest absolute Gasteiger partial charge is 0.212 e. The van der Waals surface area contributed by atoms with Gasteiger partial charge in [0.15, 0.2) is 0 Å². The van der Waals surface area contributed by atoms with Crippen LogP contribution < -0.4 is 10.0 Å². The van der Waals surface area contributed by atoms with Crippen LogP contribution in [0.2, 0.25) is 0 Å². The molecule has 2 atom stereocenters. The molecule has 0 aromatic carbocycles. The van der Waals surface area contributed by atoms with Crippen LogP contribution in [0.1, 0.15) is 6.42 Å². The maximum atomic E-state index is 11.7. The quantitative estimate of drug-likeness (QED) is 0.564. The Morgan fingerprint density at radius 2 is 2.12 bits per heavy atom. The molecule has 16 heavy (non-hydrogen) atoms. The third-order valence-corrected chi connectivity index (χ3v) is 4.04. The van der Waals surface area contributed by atoms with E-state index in [9.17, 15) is 8.42 Å². The zero-order valence-electron chi connectivity index (χ0n) is 9.73. The molecule has 1 unspecified atom stereocenters. The third kappa shape index (κ3) is 4.34. The van der Waals surface area contributed by atoms with Gasteiger partial charge in [-0.2, -0.15) is 0 Å². The monoisotopic (exact) mass is 252 g/mol. The minimum Gasteiger partial charge on any atom is -0.385 e. The summed E-state index contributed by atoms with van der Waals surface area (Å²) in [4.78, 5) is 0. The molecule has 2 N–H and O–H groups in total. The first kappa shape index (κ1) is 13.9. The zero-order chi connectivity index (χ0) is 12.0. The first-order valence-corrected chi connectivity index (χ1v) is 6.96. The van der Waals surface area contributed by atoms with E-state index in [-0.39, 0.29) is 17.9 Å². The molecular formula is C9H20N2O4S. The van der Waals surface area contributed by atoms with Gasteiger partial charge in [0, 0.05) is 33.9 Å². The van der Waals surface area contributed by atoms with Gasteiger partial charge in [0.1, 0.15) is 0 Å². The van der Waals surface area contributed by atoms with Crippen molar-refractivity contribution in [2.45, 2.75) is 18.6 Å². The molecule has 0 aromatic rings. The van der Waals surface area contributed by atoms with Crippen LogP contribution >= 0.6 is 0 Å². The fourth-order valence-corrected chi connectivity index (χ4v) is 3.01. The molecule has 1 rings (SSSR count). The predicted molar refractivity (Wildman–Crippen MR) is 60.9 cm³/mol. The topological polar surface area (TPSA) is 76.7 Å². The van der Waals surface area contributed by atoms with Crippen molar-refractivity contribution in [1.29, 1.82) is 0 Å². The molecule has 0 saturated carbocycles. The molecule has 1 heterocycles. The van der Waals surface area contributed by atoms with Crippen molar-refractivity contribution in [3.63, 3.8) is 0 Å². The summed E-state index contributed by atoms with van der Waals surface area (Å²) in [5.74, 6) is 0.0910. The highest BCUT2D eigenvalue weighted by molar-refractivity contribution is 7.89. The first-order chi connectivity index (χ1) is 7.59. The number of ether oxygens (including phenoxy) is 2. The maximum Gasteiger partial charge on any atom is 0.212 e. The number of hydrogen-bond acceptors (Lipinski definition) is 5. The van der Waals surface area contributed by atoms with Crippen molar-refractivity contribution in [3.8, 4) is 0 Å². The van der Waals surface area contributed by atoms with E-state index >= 15 is 0 Å². The van der Waals surface area contributed by atoms with Crippen LogP contribution in [0.5, 0.6) is 0 Å². The standard InChI is InChI=1S/C9H20N2O4S/c1-14-4-3-5-16(12,13)11-8-6-10-7-9(8)15-2/h8-11H,3-7H2,1-2H3/t8?,9-/m0/s1. The van der Waals surface area contributed by atoms with Crippen molar-refractivity contribution in [1.82, 2.24) is 10.0 Å². The molecule has 0 bridgehead atoms. The van der Waals surface area contributed by atoms with Crippen LogP contribution in [-0.4, -0.2) is 60.2 Å². The largest absolute Gasteiger partial charge is 0.385 e. The highest BCUT2D eigenvalue weighted by Gasteiger charge is 2.30. The van der Waals surface area contributed by atoms with Crippen molar-refractivity contribution in [2.75, 3.05) is 39.7 Å². The highest BCUT2D eigenvalue weighted by atomic mass is 32.2. The molecule has 0 spiro atoms. The SMILES string of the molecule is COCCCS(=O)(=O)NC1CNC[C@@H]1OC. The predicted octanol–water partition coefficient (Wildman–Crippen LogP) is -1.07. The maximum absolute atomic E-state index is 11.7. The van der Waals surface area contributed by atoms with Crippen LogP contribution in [0.4, 0.5) is 0 Å². The molecule has 0 aliphatic carbocycles. The Hall–Kier alpha value is -0.210. The van der Waals surface area contributed by atoms with E-state index < -0.39 is 10.0 Å². The van der Waals surface area contributed by atoms with E-state index in [1.807, 2.05) is 0 Å². The fourth-order valence-electron chi connectivity index (χ4n) is 1.70. The van der Waals surface area contributed by atoms with Gasteiger partial charge in [0.25, 0.3) is 0 Å². The lowest BCUT2D eigenvalue weighted by atomic mass is 10.2. The summed E-state index contributed by atoms with van der Waals surface area (Å²) in [5, 5.41) is 3.09. The summed E-state index contributed by atoms with van der Waals surface area (Å²) < 4.78 is 36.0. The van der Waals surface area contributed by atoms with Crippen molar-refractivity contribution < 1.29 is 17.9 Å². The number of hydrogen-bond donors (Lipinski definition) is 2. The van der Waals surface area contributed by atoms with Gasteiger partial charge in [-0.15, -0.1) is 0 Å². The Bertz CT molecular complexity index is 294. The Balaban J connectivity index is 2.39. The minimum absolute atomic E-state index is 0.0859. The number of sulfonamides is 1. The van der Waals surface area contributed by atoms with Crippen LogP contribution in [0, 0.1) is 0 Å². The van der Waals surface area contributed by atoms with E-state index in [1.165, 1.54) is 0 Å². The molecule has 0 aromatic heterocycles. The van der Waals surface area contributed by atoms with Crippen LogP contribution in [0.3, 0.4) is 0 Å². The Labute approximate surface area is 96.7 Å². The zero-order valence-corrected chi connectivity index (χ0v) is 10.5. The lowest BCUT2D eigenvalue weighted by Crippen LogP contribution is -2.44. The average Bonchev–Trinajstić information content (AvgIpc) is 2.64. The van der Waals surface area contributed by atoms with Gasteiger partial charge in [-0.3, -0.25) is 0 Å². The Morgan fingerprint density at radius 1 is 1.38 bits per heavy atom. The van der Waals surface area contributed by atoms with Crippen LogP contribution in [0.15, 0.2) is 0 Å². The summed E-state index contributed by atoms with van der Waals surface area (Å²) in [6.07, 6.45) is 0.418. The van der Waals surface area contributed by atoms with Crippen molar-refractivity contribution in [3.05, 3.63) is 0 Å². The Morgan fingerprint density at radius 3 is 2.75 bits per heavy atom. The number of nitrogens with one attached hydrogen (secondary N) is 2. The molecule has 0 radical (unpaired) electrons. The van der Waals surface area contributed by atoms with E-state index in [0.29, 0.717) is 26.1 Å². The van der Waals surface area contributed by atoms with Crippen molar-refractivity contribution in [2.24, 2.45) is 0 Å². The summed E-state index contributed by atoms with van der Waals surface area (Å²) in [7, 11) is -0.0856. The molecule has 0 amide bonds.